The van der Waals surface area contributed by atoms with Crippen LogP contribution in [-0.4, -0.2) is 38.1 Å². The highest BCUT2D eigenvalue weighted by molar-refractivity contribution is 5.79. The van der Waals surface area contributed by atoms with Crippen molar-refractivity contribution in [2.45, 2.75) is 33.2 Å². The lowest BCUT2D eigenvalue weighted by atomic mass is 10.1. The minimum absolute atomic E-state index is 0.147. The van der Waals surface area contributed by atoms with E-state index in [0.29, 0.717) is 24.6 Å². The van der Waals surface area contributed by atoms with E-state index in [-0.39, 0.29) is 12.3 Å². The summed E-state index contributed by atoms with van der Waals surface area (Å²) in [4.78, 5) is 6.64. The number of para-hydroxylation sites is 1. The van der Waals surface area contributed by atoms with Crippen LogP contribution in [0.5, 0.6) is 5.75 Å². The Morgan fingerprint density at radius 3 is 2.29 bits per heavy atom. The number of benzene rings is 2. The van der Waals surface area contributed by atoms with Crippen molar-refractivity contribution in [3.63, 3.8) is 0 Å². The smallest absolute Gasteiger partial charge is 0.387 e. The first-order chi connectivity index (χ1) is 13.5. The van der Waals surface area contributed by atoms with Crippen molar-refractivity contribution >= 4 is 5.96 Å². The Kier molecular flexibility index (Phi) is 8.68. The van der Waals surface area contributed by atoms with E-state index in [1.165, 1.54) is 17.2 Å². The zero-order chi connectivity index (χ0) is 20.4. The second-order valence-electron chi connectivity index (χ2n) is 6.54. The second-order valence-corrected chi connectivity index (χ2v) is 6.54. The highest BCUT2D eigenvalue weighted by Crippen LogP contribution is 2.21. The summed E-state index contributed by atoms with van der Waals surface area (Å²) in [6.45, 7) is 1.52. The molecule has 0 radical (unpaired) electrons. The highest BCUT2D eigenvalue weighted by atomic mass is 19.3. The Labute approximate surface area is 165 Å². The topological polar surface area (TPSA) is 48.9 Å². The van der Waals surface area contributed by atoms with Crippen molar-refractivity contribution in [3.05, 3.63) is 65.2 Å². The van der Waals surface area contributed by atoms with Gasteiger partial charge in [-0.3, -0.25) is 0 Å². The minimum Gasteiger partial charge on any atom is -0.434 e. The number of ether oxygens (including phenoxy) is 1. The Hall–Kier alpha value is -2.67. The van der Waals surface area contributed by atoms with Gasteiger partial charge in [0.25, 0.3) is 0 Å². The standard InChI is InChI=1S/C21H28F2N4O/c1-4-24-21(25-13-16-9-5-6-11-18(16)15-27(2)3)26-14-17-10-7-8-12-19(17)28-20(22)23/h5-12,20H,4,13-15H2,1-3H3,(H2,24,25,26). The molecule has 0 bridgehead atoms. The molecule has 2 rings (SSSR count). The Balaban J connectivity index is 2.08. The first-order valence-corrected chi connectivity index (χ1v) is 9.26. The zero-order valence-corrected chi connectivity index (χ0v) is 16.6. The summed E-state index contributed by atoms with van der Waals surface area (Å²) in [5.74, 6) is 0.766. The van der Waals surface area contributed by atoms with Gasteiger partial charge in [0.1, 0.15) is 5.75 Å². The molecule has 0 aliphatic rings. The van der Waals surface area contributed by atoms with Gasteiger partial charge in [-0.15, -0.1) is 0 Å². The fourth-order valence-electron chi connectivity index (χ4n) is 2.76. The molecule has 0 aliphatic carbocycles. The normalized spacial score (nSPS) is 11.8. The Morgan fingerprint density at radius 2 is 1.64 bits per heavy atom. The van der Waals surface area contributed by atoms with Gasteiger partial charge in [-0.25, -0.2) is 4.99 Å². The zero-order valence-electron chi connectivity index (χ0n) is 16.6. The molecule has 0 saturated heterocycles. The van der Waals surface area contributed by atoms with Gasteiger partial charge in [0.2, 0.25) is 0 Å². The van der Waals surface area contributed by atoms with E-state index in [2.05, 4.69) is 37.4 Å². The fourth-order valence-corrected chi connectivity index (χ4v) is 2.76. The molecule has 0 heterocycles. The van der Waals surface area contributed by atoms with Crippen molar-refractivity contribution in [2.75, 3.05) is 20.6 Å². The molecule has 2 N–H and O–H groups in total. The van der Waals surface area contributed by atoms with Crippen LogP contribution in [0.25, 0.3) is 0 Å². The molecule has 7 heteroatoms. The van der Waals surface area contributed by atoms with Crippen molar-refractivity contribution < 1.29 is 13.5 Å². The molecule has 0 amide bonds. The average Bonchev–Trinajstić information content (AvgIpc) is 2.65. The summed E-state index contributed by atoms with van der Waals surface area (Å²) in [7, 11) is 4.07. The summed E-state index contributed by atoms with van der Waals surface area (Å²) in [6, 6.07) is 14.9. The number of aliphatic imine (C=N–C) groups is 1. The van der Waals surface area contributed by atoms with Crippen LogP contribution >= 0.6 is 0 Å². The molecule has 152 valence electrons. The van der Waals surface area contributed by atoms with Gasteiger partial charge in [-0.05, 0) is 38.2 Å². The van der Waals surface area contributed by atoms with E-state index in [9.17, 15) is 8.78 Å². The third-order valence-corrected chi connectivity index (χ3v) is 3.99. The molecule has 0 saturated carbocycles. The number of nitrogens with zero attached hydrogens (tertiary/aromatic N) is 2. The van der Waals surface area contributed by atoms with Crippen molar-refractivity contribution in [1.82, 2.24) is 15.5 Å². The molecule has 0 unspecified atom stereocenters. The summed E-state index contributed by atoms with van der Waals surface area (Å²) in [5.41, 5.74) is 3.03. The predicted molar refractivity (Wildman–Crippen MR) is 109 cm³/mol. The van der Waals surface area contributed by atoms with Crippen LogP contribution in [0.1, 0.15) is 23.6 Å². The second kappa shape index (κ2) is 11.2. The molecule has 0 aliphatic heterocycles. The number of nitrogens with one attached hydrogen (secondary N) is 2. The number of hydrogen-bond donors (Lipinski definition) is 2. The Morgan fingerprint density at radius 1 is 1.00 bits per heavy atom. The van der Waals surface area contributed by atoms with Crippen LogP contribution in [0.15, 0.2) is 53.5 Å². The lowest BCUT2D eigenvalue weighted by molar-refractivity contribution is -0.0504. The molecule has 2 aromatic carbocycles. The number of rotatable bonds is 9. The predicted octanol–water partition coefficient (Wildman–Crippen LogP) is 3.60. The first-order valence-electron chi connectivity index (χ1n) is 9.26. The summed E-state index contributed by atoms with van der Waals surface area (Å²) >= 11 is 0. The van der Waals surface area contributed by atoms with Crippen molar-refractivity contribution in [3.8, 4) is 5.75 Å². The first kappa shape index (κ1) is 21.6. The van der Waals surface area contributed by atoms with Gasteiger partial charge in [0, 0.05) is 25.2 Å². The Bertz CT molecular complexity index is 766. The van der Waals surface area contributed by atoms with Crippen LogP contribution in [0.4, 0.5) is 8.78 Å². The summed E-state index contributed by atoms with van der Waals surface area (Å²) in [5, 5.41) is 6.50. The fraction of sp³-hybridized carbons (Fsp3) is 0.381. The van der Waals surface area contributed by atoms with E-state index in [4.69, 9.17) is 0 Å². The third-order valence-electron chi connectivity index (χ3n) is 3.99. The maximum atomic E-state index is 12.6. The van der Waals surface area contributed by atoms with Gasteiger partial charge in [0.05, 0.1) is 6.54 Å². The molecule has 0 aromatic heterocycles. The number of guanidine groups is 1. The quantitative estimate of drug-likeness (QED) is 0.507. The summed E-state index contributed by atoms with van der Waals surface area (Å²) < 4.78 is 29.7. The molecule has 2 aromatic rings. The summed E-state index contributed by atoms with van der Waals surface area (Å²) in [6.07, 6.45) is 0. The van der Waals surface area contributed by atoms with E-state index < -0.39 is 6.61 Å². The van der Waals surface area contributed by atoms with Crippen LogP contribution in [0.3, 0.4) is 0 Å². The maximum Gasteiger partial charge on any atom is 0.387 e. The van der Waals surface area contributed by atoms with Crippen LogP contribution in [0, 0.1) is 0 Å². The molecular formula is C21H28F2N4O. The largest absolute Gasteiger partial charge is 0.434 e. The van der Waals surface area contributed by atoms with Gasteiger partial charge < -0.3 is 20.3 Å². The highest BCUT2D eigenvalue weighted by Gasteiger charge is 2.09. The monoisotopic (exact) mass is 390 g/mol. The lowest BCUT2D eigenvalue weighted by Gasteiger charge is -2.16. The number of hydrogen-bond acceptors (Lipinski definition) is 3. The van der Waals surface area contributed by atoms with Crippen molar-refractivity contribution in [2.24, 2.45) is 4.99 Å². The molecule has 5 nitrogen and oxygen atoms in total. The molecule has 0 atom stereocenters. The SMILES string of the molecule is CCNC(=NCc1ccccc1OC(F)F)NCc1ccccc1CN(C)C. The van der Waals surface area contributed by atoms with Crippen LogP contribution in [0.2, 0.25) is 0 Å². The van der Waals surface area contributed by atoms with Crippen molar-refractivity contribution in [1.29, 1.82) is 0 Å². The molecular weight excluding hydrogens is 362 g/mol. The maximum absolute atomic E-state index is 12.6. The number of halogens is 2. The van der Waals surface area contributed by atoms with E-state index in [0.717, 1.165) is 6.54 Å². The molecule has 0 spiro atoms. The third kappa shape index (κ3) is 7.15. The lowest BCUT2D eigenvalue weighted by Crippen LogP contribution is -2.37. The molecule has 0 fully saturated rings. The van der Waals surface area contributed by atoms with E-state index in [1.807, 2.05) is 33.2 Å². The van der Waals surface area contributed by atoms with E-state index in [1.54, 1.807) is 18.2 Å². The van der Waals surface area contributed by atoms with Gasteiger partial charge in [0.15, 0.2) is 5.96 Å². The van der Waals surface area contributed by atoms with Gasteiger partial charge in [-0.1, -0.05) is 42.5 Å². The van der Waals surface area contributed by atoms with Crippen LogP contribution in [-0.2, 0) is 19.6 Å². The van der Waals surface area contributed by atoms with E-state index >= 15 is 0 Å². The minimum atomic E-state index is -2.86. The van der Waals surface area contributed by atoms with Crippen LogP contribution < -0.4 is 15.4 Å². The van der Waals surface area contributed by atoms with Gasteiger partial charge in [-0.2, -0.15) is 8.78 Å². The van der Waals surface area contributed by atoms with Gasteiger partial charge >= 0.3 is 6.61 Å². The molecule has 28 heavy (non-hydrogen) atoms. The number of alkyl halides is 2. The average molecular weight is 390 g/mol.